The molecule has 2 saturated heterocycles. The van der Waals surface area contributed by atoms with E-state index in [-0.39, 0.29) is 28.8 Å². The molecule has 44 heavy (non-hydrogen) atoms. The third-order valence-electron chi connectivity index (χ3n) is 9.40. The number of hydrogen-bond acceptors (Lipinski definition) is 8. The van der Waals surface area contributed by atoms with Crippen LogP contribution in [0.5, 0.6) is 11.8 Å². The van der Waals surface area contributed by atoms with E-state index in [1.807, 2.05) is 33.8 Å². The minimum absolute atomic E-state index is 0.0438. The number of fused-ring (bicyclic) bond motifs is 2. The zero-order chi connectivity index (χ0) is 31.4. The van der Waals surface area contributed by atoms with E-state index in [4.69, 9.17) is 14.7 Å². The van der Waals surface area contributed by atoms with Crippen molar-refractivity contribution >= 4 is 39.0 Å². The summed E-state index contributed by atoms with van der Waals surface area (Å²) >= 11 is 0. The maximum absolute atomic E-state index is 15.2. The number of phenols is 1. The van der Waals surface area contributed by atoms with Crippen molar-refractivity contribution in [3.05, 3.63) is 58.5 Å². The number of allylic oxidation sites excluding steroid dienone is 4. The van der Waals surface area contributed by atoms with Gasteiger partial charge in [0.05, 0.1) is 22.6 Å². The zero-order valence-electron chi connectivity index (χ0n) is 26.3. The highest BCUT2D eigenvalue weighted by molar-refractivity contribution is 6.50. The summed E-state index contributed by atoms with van der Waals surface area (Å²) in [5.74, 6) is 0.361. The van der Waals surface area contributed by atoms with E-state index in [9.17, 15) is 15.6 Å². The second-order valence-electron chi connectivity index (χ2n) is 13.0. The van der Waals surface area contributed by atoms with E-state index < -0.39 is 5.60 Å². The minimum Gasteiger partial charge on any atom is -0.508 e. The molecule has 2 atom stereocenters. The predicted octanol–water partition coefficient (Wildman–Crippen LogP) is 6.28. The van der Waals surface area contributed by atoms with Gasteiger partial charge in [0.25, 0.3) is 0 Å². The molecule has 0 radical (unpaired) electrons. The second kappa shape index (κ2) is 11.3. The number of aromatic nitrogens is 2. The fourth-order valence-corrected chi connectivity index (χ4v) is 7.18. The molecule has 2 unspecified atom stereocenters. The van der Waals surface area contributed by atoms with Gasteiger partial charge in [-0.15, -0.1) is 0 Å². The van der Waals surface area contributed by atoms with Crippen LogP contribution in [0.3, 0.4) is 0 Å². The summed E-state index contributed by atoms with van der Waals surface area (Å²) in [6.45, 7) is 12.1. The highest BCUT2D eigenvalue weighted by Gasteiger charge is 2.37. The number of hydrogen-bond donors (Lipinski definition) is 4. The van der Waals surface area contributed by atoms with Gasteiger partial charge in [0.1, 0.15) is 24.0 Å². The van der Waals surface area contributed by atoms with Gasteiger partial charge < -0.3 is 25.2 Å². The molecule has 9 heteroatoms. The molecule has 2 fully saturated rings. The van der Waals surface area contributed by atoms with Crippen LogP contribution in [0.4, 0.5) is 10.2 Å². The molecule has 1 aromatic heterocycles. The number of nitrogens with zero attached hydrogens (tertiary/aromatic N) is 3. The molecule has 232 valence electrons. The third-order valence-corrected chi connectivity index (χ3v) is 9.40. The van der Waals surface area contributed by atoms with Crippen LogP contribution in [-0.4, -0.2) is 63.3 Å². The van der Waals surface area contributed by atoms with Gasteiger partial charge in [-0.2, -0.15) is 9.97 Å². The molecule has 3 aliphatic rings. The van der Waals surface area contributed by atoms with Crippen LogP contribution in [0.1, 0.15) is 82.7 Å². The molecule has 0 amide bonds. The smallest absolute Gasteiger partial charge is 0.319 e. The third kappa shape index (κ3) is 5.26. The van der Waals surface area contributed by atoms with Crippen molar-refractivity contribution < 1.29 is 19.3 Å². The first-order valence-corrected chi connectivity index (χ1v) is 15.6. The number of anilines is 1. The fourth-order valence-electron chi connectivity index (χ4n) is 7.18. The molecule has 4 N–H and O–H groups in total. The number of rotatable bonds is 6. The van der Waals surface area contributed by atoms with E-state index >= 15 is 4.39 Å². The van der Waals surface area contributed by atoms with Crippen LogP contribution >= 0.6 is 0 Å². The lowest BCUT2D eigenvalue weighted by Gasteiger charge is -2.39. The molecule has 8 nitrogen and oxygen atoms in total. The SMILES string of the molecule is C/C=C1\C(=N)C(c2cc(O)cc3ccc(F)c(CC)c23)=C(C)c2nc(OCC3(C)CCCN3)nc(N3CCCC(C)(O)C3)c21. The molecule has 0 saturated carbocycles. The standard InChI is InChI=1S/C35H42FN5O3/c1-6-23-26(36)11-10-21-16-22(42)17-25(28(21)23)27-20(3)31-29(24(7-2)30(27)37)32(41-15-9-13-35(5,43)18-41)40-33(39-31)44-19-34(4)12-8-14-38-34/h7,10-11,16-17,37-38,42-43H,6,8-9,12-15,18-19H2,1-5H3/b24-7-,37-30?. The number of aromatic hydroxyl groups is 1. The van der Waals surface area contributed by atoms with Gasteiger partial charge >= 0.3 is 6.01 Å². The molecule has 3 aromatic rings. The van der Waals surface area contributed by atoms with Gasteiger partial charge in [-0.1, -0.05) is 19.1 Å². The van der Waals surface area contributed by atoms with Crippen molar-refractivity contribution in [3.63, 3.8) is 0 Å². The molecule has 0 spiro atoms. The van der Waals surface area contributed by atoms with E-state index in [1.54, 1.807) is 18.2 Å². The first-order valence-electron chi connectivity index (χ1n) is 15.6. The average molecular weight is 600 g/mol. The Balaban J connectivity index is 1.60. The van der Waals surface area contributed by atoms with Crippen LogP contribution in [0.25, 0.3) is 27.5 Å². The van der Waals surface area contributed by atoms with Gasteiger partial charge in [0.15, 0.2) is 0 Å². The normalized spacial score (nSPS) is 24.8. The van der Waals surface area contributed by atoms with E-state index in [1.165, 1.54) is 6.07 Å². The molecular formula is C35H42FN5O3. The Morgan fingerprint density at radius 1 is 1.18 bits per heavy atom. The summed E-state index contributed by atoms with van der Waals surface area (Å²) in [5, 5.41) is 36.3. The van der Waals surface area contributed by atoms with Gasteiger partial charge in [-0.05, 0) is 112 Å². The van der Waals surface area contributed by atoms with Crippen LogP contribution < -0.4 is 15.0 Å². The monoisotopic (exact) mass is 599 g/mol. The molecule has 3 heterocycles. The van der Waals surface area contributed by atoms with Gasteiger partial charge in [-0.25, -0.2) is 4.39 Å². The topological polar surface area (TPSA) is 115 Å². The molecule has 0 bridgehead atoms. The number of piperidine rings is 1. The maximum Gasteiger partial charge on any atom is 0.319 e. The Labute approximate surface area is 258 Å². The largest absolute Gasteiger partial charge is 0.508 e. The number of β-amino-alcohol motifs (C(OH)–C–C–N with tert-alkyl or cyclic N) is 1. The van der Waals surface area contributed by atoms with Crippen molar-refractivity contribution in [2.24, 2.45) is 0 Å². The average Bonchev–Trinajstić information content (AvgIpc) is 3.42. The lowest BCUT2D eigenvalue weighted by atomic mass is 9.79. The number of benzene rings is 2. The highest BCUT2D eigenvalue weighted by Crippen LogP contribution is 2.47. The number of phenolic OH excluding ortho intramolecular Hbond substituents is 1. The molecule has 1 aliphatic carbocycles. The number of ether oxygens (including phenoxy) is 1. The lowest BCUT2D eigenvalue weighted by Crippen LogP contribution is -2.47. The van der Waals surface area contributed by atoms with Crippen LogP contribution in [-0.2, 0) is 6.42 Å². The number of halogens is 1. The first-order chi connectivity index (χ1) is 20.9. The number of aliphatic hydroxyl groups is 1. The molecule has 2 aromatic carbocycles. The van der Waals surface area contributed by atoms with Crippen molar-refractivity contribution in [1.29, 1.82) is 5.41 Å². The lowest BCUT2D eigenvalue weighted by molar-refractivity contribution is 0.0446. The predicted molar refractivity (Wildman–Crippen MR) is 174 cm³/mol. The number of nitrogens with one attached hydrogen (secondary N) is 2. The van der Waals surface area contributed by atoms with Crippen molar-refractivity contribution in [2.45, 2.75) is 77.9 Å². The van der Waals surface area contributed by atoms with E-state index in [0.717, 1.165) is 36.9 Å². The van der Waals surface area contributed by atoms with Crippen LogP contribution in [0.2, 0.25) is 0 Å². The van der Waals surface area contributed by atoms with Crippen LogP contribution in [0.15, 0.2) is 30.3 Å². The minimum atomic E-state index is -0.881. The van der Waals surface area contributed by atoms with Crippen LogP contribution in [0, 0.1) is 11.2 Å². The van der Waals surface area contributed by atoms with Crippen molar-refractivity contribution in [1.82, 2.24) is 15.3 Å². The van der Waals surface area contributed by atoms with Gasteiger partial charge in [-0.3, -0.25) is 5.41 Å². The summed E-state index contributed by atoms with van der Waals surface area (Å²) in [5.41, 5.74) is 3.62. The zero-order valence-corrected chi connectivity index (χ0v) is 26.3. The molecular weight excluding hydrogens is 557 g/mol. The summed E-state index contributed by atoms with van der Waals surface area (Å²) in [6.07, 6.45) is 5.91. The van der Waals surface area contributed by atoms with Crippen molar-refractivity contribution in [2.75, 3.05) is 31.1 Å². The van der Waals surface area contributed by atoms with Gasteiger partial charge in [0.2, 0.25) is 0 Å². The van der Waals surface area contributed by atoms with E-state index in [0.29, 0.717) is 77.1 Å². The Bertz CT molecular complexity index is 1720. The fraction of sp³-hybridized carbons (Fsp3) is 0.457. The van der Waals surface area contributed by atoms with Crippen molar-refractivity contribution in [3.8, 4) is 11.8 Å². The van der Waals surface area contributed by atoms with Gasteiger partial charge in [0, 0.05) is 29.8 Å². The molecule has 2 aliphatic heterocycles. The highest BCUT2D eigenvalue weighted by atomic mass is 19.1. The molecule has 6 rings (SSSR count). The number of aryl methyl sites for hydroxylation is 1. The summed E-state index contributed by atoms with van der Waals surface area (Å²) in [6, 6.07) is 6.60. The Morgan fingerprint density at radius 2 is 1.98 bits per heavy atom. The Morgan fingerprint density at radius 3 is 2.66 bits per heavy atom. The van der Waals surface area contributed by atoms with E-state index in [2.05, 4.69) is 17.1 Å². The summed E-state index contributed by atoms with van der Waals surface area (Å²) in [4.78, 5) is 12.0. The quantitative estimate of drug-likeness (QED) is 0.264. The second-order valence-corrected chi connectivity index (χ2v) is 13.0. The maximum atomic E-state index is 15.2. The Kier molecular flexibility index (Phi) is 7.74. The Hall–Kier alpha value is -3.82. The first kappa shape index (κ1) is 30.2. The summed E-state index contributed by atoms with van der Waals surface area (Å²) < 4.78 is 21.5. The summed E-state index contributed by atoms with van der Waals surface area (Å²) in [7, 11) is 0.